The van der Waals surface area contributed by atoms with Gasteiger partial charge in [0.2, 0.25) is 5.95 Å². The number of nitrogens with two attached hydrogens (primary N) is 1. The van der Waals surface area contributed by atoms with Gasteiger partial charge >= 0.3 is 0 Å². The van der Waals surface area contributed by atoms with Crippen LogP contribution >= 0.6 is 0 Å². The Morgan fingerprint density at radius 2 is 1.95 bits per heavy atom. The van der Waals surface area contributed by atoms with Crippen LogP contribution in [-0.4, -0.2) is 15.9 Å². The molecule has 3 aromatic rings. The van der Waals surface area contributed by atoms with Gasteiger partial charge in [0.1, 0.15) is 11.5 Å². The van der Waals surface area contributed by atoms with Crippen molar-refractivity contribution in [1.29, 1.82) is 0 Å². The van der Waals surface area contributed by atoms with E-state index in [0.29, 0.717) is 18.2 Å². The molecule has 0 bridgehead atoms. The molecule has 0 spiro atoms. The Hall–Kier alpha value is -3.15. The molecule has 3 N–H and O–H groups in total. The molecule has 6 heteroatoms. The second-order valence-corrected chi connectivity index (χ2v) is 4.63. The number of carbonyl (C=O) groups excluding carboxylic acids is 1. The number of aromatic nitrogens is 2. The van der Waals surface area contributed by atoms with Crippen LogP contribution in [0.25, 0.3) is 11.3 Å². The van der Waals surface area contributed by atoms with E-state index < -0.39 is 5.91 Å². The number of hydrogen-bond acceptors (Lipinski definition) is 5. The third kappa shape index (κ3) is 3.12. The van der Waals surface area contributed by atoms with Crippen molar-refractivity contribution in [3.63, 3.8) is 0 Å². The Morgan fingerprint density at radius 3 is 2.64 bits per heavy atom. The van der Waals surface area contributed by atoms with Crippen molar-refractivity contribution >= 4 is 11.9 Å². The average Bonchev–Trinajstić information content (AvgIpc) is 3.07. The van der Waals surface area contributed by atoms with Crippen LogP contribution in [0.15, 0.2) is 59.2 Å². The van der Waals surface area contributed by atoms with Gasteiger partial charge in [-0.05, 0) is 18.2 Å². The molecule has 3 rings (SSSR count). The molecule has 0 aliphatic rings. The lowest BCUT2D eigenvalue weighted by molar-refractivity contribution is 0.0995. The van der Waals surface area contributed by atoms with Crippen LogP contribution in [0.3, 0.4) is 0 Å². The van der Waals surface area contributed by atoms with Gasteiger partial charge in [-0.2, -0.15) is 0 Å². The number of rotatable bonds is 5. The zero-order chi connectivity index (χ0) is 15.4. The van der Waals surface area contributed by atoms with Crippen molar-refractivity contribution in [2.75, 3.05) is 5.32 Å². The van der Waals surface area contributed by atoms with Crippen LogP contribution in [0.1, 0.15) is 16.2 Å². The quantitative estimate of drug-likeness (QED) is 0.753. The molecule has 0 atom stereocenters. The third-order valence-electron chi connectivity index (χ3n) is 3.05. The van der Waals surface area contributed by atoms with E-state index in [9.17, 15) is 4.79 Å². The van der Waals surface area contributed by atoms with Gasteiger partial charge in [0, 0.05) is 5.56 Å². The predicted octanol–water partition coefficient (Wildman–Crippen LogP) is 2.45. The van der Waals surface area contributed by atoms with Gasteiger partial charge in [-0.3, -0.25) is 4.79 Å². The molecule has 2 heterocycles. The molecule has 0 aliphatic heterocycles. The molecule has 0 saturated heterocycles. The normalized spacial score (nSPS) is 10.4. The van der Waals surface area contributed by atoms with E-state index >= 15 is 0 Å². The first-order valence-electron chi connectivity index (χ1n) is 6.73. The average molecular weight is 294 g/mol. The van der Waals surface area contributed by atoms with Gasteiger partial charge in [-0.1, -0.05) is 30.3 Å². The minimum absolute atomic E-state index is 0.163. The van der Waals surface area contributed by atoms with Crippen LogP contribution in [0.2, 0.25) is 0 Å². The van der Waals surface area contributed by atoms with E-state index in [1.807, 2.05) is 36.4 Å². The molecule has 0 saturated carbocycles. The lowest BCUT2D eigenvalue weighted by atomic mass is 10.1. The SMILES string of the molecule is NC(=O)c1cc(-c2ccccc2)nc(NCc2ccco2)n1. The highest BCUT2D eigenvalue weighted by molar-refractivity contribution is 5.92. The molecule has 0 unspecified atom stereocenters. The van der Waals surface area contributed by atoms with Gasteiger partial charge in [-0.25, -0.2) is 9.97 Å². The second-order valence-electron chi connectivity index (χ2n) is 4.63. The van der Waals surface area contributed by atoms with Crippen LogP contribution in [0, 0.1) is 0 Å². The van der Waals surface area contributed by atoms with Crippen LogP contribution in [0.4, 0.5) is 5.95 Å². The standard InChI is InChI=1S/C16H14N4O2/c17-15(21)14-9-13(11-5-2-1-3-6-11)19-16(20-14)18-10-12-7-4-8-22-12/h1-9H,10H2,(H2,17,21)(H,18,19,20). The van der Waals surface area contributed by atoms with E-state index in [1.54, 1.807) is 18.4 Å². The largest absolute Gasteiger partial charge is 0.467 e. The highest BCUT2D eigenvalue weighted by Crippen LogP contribution is 2.19. The van der Waals surface area contributed by atoms with Crippen LogP contribution in [0.5, 0.6) is 0 Å². The summed E-state index contributed by atoms with van der Waals surface area (Å²) in [6, 6.07) is 14.7. The first-order chi connectivity index (χ1) is 10.7. The van der Waals surface area contributed by atoms with Gasteiger partial charge in [0.25, 0.3) is 5.91 Å². The summed E-state index contributed by atoms with van der Waals surface area (Å²) in [7, 11) is 0. The minimum atomic E-state index is -0.597. The van der Waals surface area contributed by atoms with Crippen LogP contribution in [-0.2, 0) is 6.54 Å². The fourth-order valence-electron chi connectivity index (χ4n) is 1.99. The Bertz CT molecular complexity index is 770. The fraction of sp³-hybridized carbons (Fsp3) is 0.0625. The summed E-state index contributed by atoms with van der Waals surface area (Å²) >= 11 is 0. The van der Waals surface area contributed by atoms with Gasteiger partial charge in [0.15, 0.2) is 0 Å². The molecular formula is C16H14N4O2. The van der Waals surface area contributed by atoms with E-state index in [2.05, 4.69) is 15.3 Å². The number of anilines is 1. The molecule has 22 heavy (non-hydrogen) atoms. The minimum Gasteiger partial charge on any atom is -0.467 e. The monoisotopic (exact) mass is 294 g/mol. The lowest BCUT2D eigenvalue weighted by Gasteiger charge is -2.08. The number of nitrogens with one attached hydrogen (secondary N) is 1. The number of primary amides is 1. The Balaban J connectivity index is 1.92. The Morgan fingerprint density at radius 1 is 1.14 bits per heavy atom. The smallest absolute Gasteiger partial charge is 0.267 e. The van der Waals surface area contributed by atoms with Gasteiger partial charge in [-0.15, -0.1) is 0 Å². The summed E-state index contributed by atoms with van der Waals surface area (Å²) in [5, 5.41) is 3.03. The topological polar surface area (TPSA) is 94.0 Å². The van der Waals surface area contributed by atoms with E-state index in [4.69, 9.17) is 10.2 Å². The maximum Gasteiger partial charge on any atom is 0.267 e. The summed E-state index contributed by atoms with van der Waals surface area (Å²) in [4.78, 5) is 20.0. The van der Waals surface area contributed by atoms with Crippen LogP contribution < -0.4 is 11.1 Å². The summed E-state index contributed by atoms with van der Waals surface area (Å²) in [5.74, 6) is 0.474. The number of nitrogens with zero attached hydrogens (tertiary/aromatic N) is 2. The number of furan rings is 1. The maximum atomic E-state index is 11.5. The molecule has 1 aromatic carbocycles. The van der Waals surface area contributed by atoms with E-state index in [1.165, 1.54) is 0 Å². The van der Waals surface area contributed by atoms with Crippen molar-refractivity contribution in [3.8, 4) is 11.3 Å². The highest BCUT2D eigenvalue weighted by atomic mass is 16.3. The number of hydrogen-bond donors (Lipinski definition) is 2. The van der Waals surface area contributed by atoms with Crippen molar-refractivity contribution in [3.05, 3.63) is 66.2 Å². The van der Waals surface area contributed by atoms with E-state index in [0.717, 1.165) is 11.3 Å². The molecular weight excluding hydrogens is 280 g/mol. The van der Waals surface area contributed by atoms with Gasteiger partial charge < -0.3 is 15.5 Å². The number of amides is 1. The van der Waals surface area contributed by atoms with E-state index in [-0.39, 0.29) is 5.69 Å². The van der Waals surface area contributed by atoms with Gasteiger partial charge in [0.05, 0.1) is 18.5 Å². The zero-order valence-electron chi connectivity index (χ0n) is 11.7. The summed E-state index contributed by atoms with van der Waals surface area (Å²) < 4.78 is 5.24. The first-order valence-corrected chi connectivity index (χ1v) is 6.73. The van der Waals surface area contributed by atoms with Crippen molar-refractivity contribution < 1.29 is 9.21 Å². The van der Waals surface area contributed by atoms with Crippen molar-refractivity contribution in [2.24, 2.45) is 5.73 Å². The highest BCUT2D eigenvalue weighted by Gasteiger charge is 2.10. The molecule has 0 fully saturated rings. The molecule has 0 aliphatic carbocycles. The Kier molecular flexibility index (Phi) is 3.82. The molecule has 110 valence electrons. The summed E-state index contributed by atoms with van der Waals surface area (Å²) in [5.41, 5.74) is 7.02. The Labute approximate surface area is 127 Å². The molecule has 2 aromatic heterocycles. The second kappa shape index (κ2) is 6.09. The predicted molar refractivity (Wildman–Crippen MR) is 82.0 cm³/mol. The molecule has 0 radical (unpaired) electrons. The number of benzene rings is 1. The molecule has 1 amide bonds. The summed E-state index contributed by atoms with van der Waals surface area (Å²) in [6.07, 6.45) is 1.59. The fourth-order valence-corrected chi connectivity index (χ4v) is 1.99. The maximum absolute atomic E-state index is 11.5. The summed E-state index contributed by atoms with van der Waals surface area (Å²) in [6.45, 7) is 0.420. The lowest BCUT2D eigenvalue weighted by Crippen LogP contribution is -2.15. The number of carbonyl (C=O) groups is 1. The van der Waals surface area contributed by atoms with Crippen molar-refractivity contribution in [2.45, 2.75) is 6.54 Å². The third-order valence-corrected chi connectivity index (χ3v) is 3.05. The molecule has 6 nitrogen and oxygen atoms in total. The first kappa shape index (κ1) is 13.8. The zero-order valence-corrected chi connectivity index (χ0v) is 11.7. The van der Waals surface area contributed by atoms with Crippen molar-refractivity contribution in [1.82, 2.24) is 9.97 Å².